The van der Waals surface area contributed by atoms with Gasteiger partial charge in [0.2, 0.25) is 5.91 Å². The van der Waals surface area contributed by atoms with E-state index in [1.165, 1.54) is 12.1 Å². The van der Waals surface area contributed by atoms with Crippen molar-refractivity contribution in [1.29, 1.82) is 0 Å². The molecule has 23 heavy (non-hydrogen) atoms. The smallest absolute Gasteiger partial charge is 0.352 e. The first-order valence-corrected chi connectivity index (χ1v) is 8.32. The number of amides is 1. The number of alkyl halides is 3. The molecule has 0 bridgehead atoms. The summed E-state index contributed by atoms with van der Waals surface area (Å²) in [6, 6.07) is 5.37. The van der Waals surface area contributed by atoms with Crippen LogP contribution in [0.4, 0.5) is 13.2 Å². The molecule has 1 aromatic carbocycles. The standard InChI is InChI=1S/C18H26F3NO/c1-3-5-6-7-10-14(4-2)17(23)22-13-15-11-8-9-12-16(15)18(19,20)21/h8-9,11-12,14H,3-7,10,13H2,1-2H3,(H,22,23). The summed E-state index contributed by atoms with van der Waals surface area (Å²) in [6.45, 7) is 3.98. The molecule has 1 unspecified atom stereocenters. The van der Waals surface area contributed by atoms with Gasteiger partial charge in [-0.1, -0.05) is 57.7 Å². The summed E-state index contributed by atoms with van der Waals surface area (Å²) >= 11 is 0. The van der Waals surface area contributed by atoms with Crippen molar-refractivity contribution in [3.05, 3.63) is 35.4 Å². The molecule has 1 aromatic rings. The van der Waals surface area contributed by atoms with Gasteiger partial charge in [0.1, 0.15) is 0 Å². The van der Waals surface area contributed by atoms with E-state index in [1.54, 1.807) is 6.07 Å². The lowest BCUT2D eigenvalue weighted by Crippen LogP contribution is -2.30. The topological polar surface area (TPSA) is 29.1 Å². The molecule has 0 fully saturated rings. The number of unbranched alkanes of at least 4 members (excludes halogenated alkanes) is 3. The molecular weight excluding hydrogens is 303 g/mol. The van der Waals surface area contributed by atoms with Crippen molar-refractivity contribution in [1.82, 2.24) is 5.32 Å². The van der Waals surface area contributed by atoms with Crippen LogP contribution in [0.2, 0.25) is 0 Å². The quantitative estimate of drug-likeness (QED) is 0.611. The number of nitrogens with one attached hydrogen (secondary N) is 1. The molecule has 0 radical (unpaired) electrons. The summed E-state index contributed by atoms with van der Waals surface area (Å²) in [5, 5.41) is 2.66. The van der Waals surface area contributed by atoms with Crippen LogP contribution in [0.15, 0.2) is 24.3 Å². The first kappa shape index (κ1) is 19.5. The summed E-state index contributed by atoms with van der Waals surface area (Å²) in [7, 11) is 0. The summed E-state index contributed by atoms with van der Waals surface area (Å²) < 4.78 is 38.8. The van der Waals surface area contributed by atoms with Crippen LogP contribution in [-0.4, -0.2) is 5.91 Å². The molecule has 1 amide bonds. The van der Waals surface area contributed by atoms with Crippen molar-refractivity contribution in [2.45, 2.75) is 65.1 Å². The van der Waals surface area contributed by atoms with Crippen LogP contribution in [0.5, 0.6) is 0 Å². The lowest BCUT2D eigenvalue weighted by molar-refractivity contribution is -0.138. The number of rotatable bonds is 9. The molecular formula is C18H26F3NO. The molecule has 0 saturated heterocycles. The SMILES string of the molecule is CCCCCCC(CC)C(=O)NCc1ccccc1C(F)(F)F. The normalized spacial score (nSPS) is 12.9. The lowest BCUT2D eigenvalue weighted by Gasteiger charge is -2.17. The minimum Gasteiger partial charge on any atom is -0.352 e. The van der Waals surface area contributed by atoms with E-state index in [0.29, 0.717) is 6.42 Å². The molecule has 5 heteroatoms. The largest absolute Gasteiger partial charge is 0.416 e. The second-order valence-corrected chi connectivity index (χ2v) is 5.83. The third-order valence-corrected chi connectivity index (χ3v) is 4.05. The van der Waals surface area contributed by atoms with E-state index >= 15 is 0 Å². The highest BCUT2D eigenvalue weighted by atomic mass is 19.4. The molecule has 0 aromatic heterocycles. The van der Waals surface area contributed by atoms with Gasteiger partial charge in [0, 0.05) is 12.5 Å². The highest BCUT2D eigenvalue weighted by molar-refractivity contribution is 5.78. The molecule has 2 nitrogen and oxygen atoms in total. The van der Waals surface area contributed by atoms with Crippen LogP contribution in [0.25, 0.3) is 0 Å². The molecule has 1 atom stereocenters. The molecule has 0 aliphatic heterocycles. The summed E-state index contributed by atoms with van der Waals surface area (Å²) in [5.41, 5.74) is -0.578. The maximum Gasteiger partial charge on any atom is 0.416 e. The Bertz CT molecular complexity index is 485. The van der Waals surface area contributed by atoms with E-state index in [0.717, 1.165) is 38.2 Å². The van der Waals surface area contributed by atoms with Gasteiger partial charge < -0.3 is 5.32 Å². The van der Waals surface area contributed by atoms with Crippen molar-refractivity contribution >= 4 is 5.91 Å². The van der Waals surface area contributed by atoms with Crippen molar-refractivity contribution in [3.63, 3.8) is 0 Å². The third kappa shape index (κ3) is 6.63. The van der Waals surface area contributed by atoms with Gasteiger partial charge in [-0.3, -0.25) is 4.79 Å². The van der Waals surface area contributed by atoms with Gasteiger partial charge in [0.15, 0.2) is 0 Å². The Morgan fingerprint density at radius 3 is 2.43 bits per heavy atom. The highest BCUT2D eigenvalue weighted by Crippen LogP contribution is 2.31. The summed E-state index contributed by atoms with van der Waals surface area (Å²) in [5.74, 6) is -0.272. The predicted molar refractivity (Wildman–Crippen MR) is 85.8 cm³/mol. The molecule has 0 saturated carbocycles. The van der Waals surface area contributed by atoms with Crippen molar-refractivity contribution < 1.29 is 18.0 Å². The van der Waals surface area contributed by atoms with Crippen LogP contribution < -0.4 is 5.32 Å². The maximum atomic E-state index is 12.9. The first-order valence-electron chi connectivity index (χ1n) is 8.32. The van der Waals surface area contributed by atoms with Crippen molar-refractivity contribution in [2.75, 3.05) is 0 Å². The van der Waals surface area contributed by atoms with Gasteiger partial charge in [-0.25, -0.2) is 0 Å². The van der Waals surface area contributed by atoms with Gasteiger partial charge in [-0.2, -0.15) is 13.2 Å². The van der Waals surface area contributed by atoms with E-state index in [4.69, 9.17) is 0 Å². The minimum absolute atomic E-state index is 0.0834. The van der Waals surface area contributed by atoms with Gasteiger partial charge in [0.25, 0.3) is 0 Å². The number of carbonyl (C=O) groups excluding carboxylic acids is 1. The minimum atomic E-state index is -4.40. The average molecular weight is 329 g/mol. The second-order valence-electron chi connectivity index (χ2n) is 5.83. The highest BCUT2D eigenvalue weighted by Gasteiger charge is 2.32. The van der Waals surface area contributed by atoms with E-state index < -0.39 is 11.7 Å². The van der Waals surface area contributed by atoms with E-state index in [2.05, 4.69) is 12.2 Å². The molecule has 1 rings (SSSR count). The Hall–Kier alpha value is -1.52. The molecule has 0 aliphatic rings. The average Bonchev–Trinajstić information content (AvgIpc) is 2.52. The fourth-order valence-electron chi connectivity index (χ4n) is 2.62. The number of hydrogen-bond donors (Lipinski definition) is 1. The molecule has 0 aliphatic carbocycles. The van der Waals surface area contributed by atoms with Crippen LogP contribution in [0.3, 0.4) is 0 Å². The van der Waals surface area contributed by atoms with Crippen LogP contribution in [0, 0.1) is 5.92 Å². The van der Waals surface area contributed by atoms with Gasteiger partial charge in [-0.05, 0) is 24.5 Å². The van der Waals surface area contributed by atoms with Crippen molar-refractivity contribution in [3.8, 4) is 0 Å². The number of benzene rings is 1. The maximum absolute atomic E-state index is 12.9. The van der Waals surface area contributed by atoms with E-state index in [-0.39, 0.29) is 23.9 Å². The Labute approximate surface area is 136 Å². The molecule has 130 valence electrons. The van der Waals surface area contributed by atoms with E-state index in [1.807, 2.05) is 6.92 Å². The molecule has 0 spiro atoms. The predicted octanol–water partition coefficient (Wildman–Crippen LogP) is 5.32. The Kier molecular flexibility index (Phi) is 8.13. The molecule has 1 N–H and O–H groups in total. The number of halogens is 3. The van der Waals surface area contributed by atoms with Gasteiger partial charge in [0.05, 0.1) is 5.56 Å². The zero-order valence-corrected chi connectivity index (χ0v) is 13.9. The fraction of sp³-hybridized carbons (Fsp3) is 0.611. The Morgan fingerprint density at radius 2 is 1.83 bits per heavy atom. The third-order valence-electron chi connectivity index (χ3n) is 4.05. The van der Waals surface area contributed by atoms with E-state index in [9.17, 15) is 18.0 Å². The second kappa shape index (κ2) is 9.58. The zero-order chi connectivity index (χ0) is 17.3. The lowest BCUT2D eigenvalue weighted by atomic mass is 9.97. The van der Waals surface area contributed by atoms with Crippen LogP contribution >= 0.6 is 0 Å². The number of carbonyl (C=O) groups is 1. The van der Waals surface area contributed by atoms with Gasteiger partial charge >= 0.3 is 6.18 Å². The van der Waals surface area contributed by atoms with Crippen molar-refractivity contribution in [2.24, 2.45) is 5.92 Å². The van der Waals surface area contributed by atoms with Crippen LogP contribution in [0.1, 0.15) is 63.5 Å². The summed E-state index contributed by atoms with van der Waals surface area (Å²) in [4.78, 5) is 12.2. The zero-order valence-electron chi connectivity index (χ0n) is 13.9. The van der Waals surface area contributed by atoms with Crippen LogP contribution in [-0.2, 0) is 17.5 Å². The number of hydrogen-bond acceptors (Lipinski definition) is 1. The Balaban J connectivity index is 2.58. The molecule has 0 heterocycles. The summed E-state index contributed by atoms with van der Waals surface area (Å²) in [6.07, 6.45) is 1.47. The first-order chi connectivity index (χ1) is 10.9. The Morgan fingerprint density at radius 1 is 1.13 bits per heavy atom. The monoisotopic (exact) mass is 329 g/mol. The van der Waals surface area contributed by atoms with Gasteiger partial charge in [-0.15, -0.1) is 0 Å². The fourth-order valence-corrected chi connectivity index (χ4v) is 2.62.